The zero-order chi connectivity index (χ0) is 8.36. The zero-order valence-corrected chi connectivity index (χ0v) is 7.65. The molecule has 0 radical (unpaired) electrons. The second-order valence-electron chi connectivity index (χ2n) is 2.55. The van der Waals surface area contributed by atoms with Crippen LogP contribution in [0.1, 0.15) is 39.0 Å². The summed E-state index contributed by atoms with van der Waals surface area (Å²) in [7, 11) is 1.74. The third-order valence-corrected chi connectivity index (χ3v) is 1.40. The van der Waals surface area contributed by atoms with Gasteiger partial charge in [-0.15, -0.1) is 11.8 Å². The highest BCUT2D eigenvalue weighted by Gasteiger charge is 1.82. The smallest absolute Gasteiger partial charge is 0.0462 e. The molecule has 0 saturated carbocycles. The van der Waals surface area contributed by atoms with Gasteiger partial charge in [0.1, 0.15) is 0 Å². The maximum atomic E-state index is 4.92. The lowest BCUT2D eigenvalue weighted by molar-refractivity contribution is 0.193. The molecule has 0 aliphatic rings. The van der Waals surface area contributed by atoms with Crippen molar-refractivity contribution in [2.24, 2.45) is 0 Å². The number of hydrogen-bond acceptors (Lipinski definition) is 1. The molecule has 0 heterocycles. The number of ether oxygens (including phenoxy) is 1. The topological polar surface area (TPSA) is 9.23 Å². The molecule has 0 bridgehead atoms. The normalized spacial score (nSPS) is 8.91. The molecule has 0 aromatic heterocycles. The van der Waals surface area contributed by atoms with Crippen LogP contribution in [-0.4, -0.2) is 13.7 Å². The Morgan fingerprint density at radius 2 is 1.82 bits per heavy atom. The molecule has 0 unspecified atom stereocenters. The summed E-state index contributed by atoms with van der Waals surface area (Å²) in [6, 6.07) is 0. The van der Waals surface area contributed by atoms with Crippen LogP contribution in [-0.2, 0) is 4.74 Å². The van der Waals surface area contributed by atoms with E-state index in [4.69, 9.17) is 4.74 Å². The van der Waals surface area contributed by atoms with Crippen molar-refractivity contribution < 1.29 is 4.74 Å². The summed E-state index contributed by atoms with van der Waals surface area (Å²) in [6.45, 7) is 3.02. The molecule has 0 saturated heterocycles. The van der Waals surface area contributed by atoms with E-state index < -0.39 is 0 Å². The van der Waals surface area contributed by atoms with E-state index in [0.29, 0.717) is 0 Å². The Hall–Kier alpha value is -0.480. The highest BCUT2D eigenvalue weighted by atomic mass is 16.5. The van der Waals surface area contributed by atoms with Crippen LogP contribution in [0.4, 0.5) is 0 Å². The molecule has 0 aromatic rings. The van der Waals surface area contributed by atoms with E-state index in [9.17, 15) is 0 Å². The van der Waals surface area contributed by atoms with Crippen LogP contribution in [0.5, 0.6) is 0 Å². The van der Waals surface area contributed by atoms with Crippen molar-refractivity contribution >= 4 is 0 Å². The summed E-state index contributed by atoms with van der Waals surface area (Å²) < 4.78 is 4.92. The predicted octanol–water partition coefficient (Wildman–Crippen LogP) is 2.61. The molecule has 0 atom stereocenters. The predicted molar refractivity (Wildman–Crippen MR) is 48.4 cm³/mol. The van der Waals surface area contributed by atoms with Gasteiger partial charge in [-0.2, -0.15) is 0 Å². The minimum absolute atomic E-state index is 0.870. The third kappa shape index (κ3) is 9.52. The van der Waals surface area contributed by atoms with Crippen LogP contribution < -0.4 is 0 Å². The van der Waals surface area contributed by atoms with E-state index in [1.165, 1.54) is 12.8 Å². The minimum Gasteiger partial charge on any atom is -0.385 e. The van der Waals surface area contributed by atoms with Crippen molar-refractivity contribution in [2.45, 2.75) is 39.0 Å². The van der Waals surface area contributed by atoms with E-state index in [1.54, 1.807) is 7.11 Å². The monoisotopic (exact) mass is 154 g/mol. The van der Waals surface area contributed by atoms with Gasteiger partial charge in [0.15, 0.2) is 0 Å². The lowest BCUT2D eigenvalue weighted by Gasteiger charge is -1.93. The van der Waals surface area contributed by atoms with Crippen molar-refractivity contribution in [3.63, 3.8) is 0 Å². The number of rotatable bonds is 5. The molecule has 0 aliphatic carbocycles. The van der Waals surface area contributed by atoms with Gasteiger partial charge in [0.05, 0.1) is 0 Å². The summed E-state index contributed by atoms with van der Waals surface area (Å²) in [5.74, 6) is 6.26. The Balaban J connectivity index is 2.96. The first-order chi connectivity index (χ1) is 5.41. The van der Waals surface area contributed by atoms with Crippen LogP contribution in [0, 0.1) is 11.8 Å². The Labute approximate surface area is 70.1 Å². The molecule has 0 rings (SSSR count). The quantitative estimate of drug-likeness (QED) is 0.437. The second-order valence-corrected chi connectivity index (χ2v) is 2.55. The van der Waals surface area contributed by atoms with E-state index in [-0.39, 0.29) is 0 Å². The molecular weight excluding hydrogens is 136 g/mol. The molecule has 0 spiro atoms. The van der Waals surface area contributed by atoms with Crippen molar-refractivity contribution in [3.8, 4) is 11.8 Å². The lowest BCUT2D eigenvalue weighted by Crippen LogP contribution is -1.86. The molecule has 0 fully saturated rings. The van der Waals surface area contributed by atoms with Crippen molar-refractivity contribution in [1.82, 2.24) is 0 Å². The molecule has 1 nitrogen and oxygen atoms in total. The molecule has 11 heavy (non-hydrogen) atoms. The summed E-state index contributed by atoms with van der Waals surface area (Å²) in [6.07, 6.45) is 5.56. The van der Waals surface area contributed by atoms with Crippen LogP contribution in [0.25, 0.3) is 0 Å². The van der Waals surface area contributed by atoms with Crippen LogP contribution in [0.15, 0.2) is 0 Å². The van der Waals surface area contributed by atoms with Gasteiger partial charge in [-0.3, -0.25) is 0 Å². The molecule has 0 aliphatic heterocycles. The van der Waals surface area contributed by atoms with Gasteiger partial charge in [0.2, 0.25) is 0 Å². The average molecular weight is 154 g/mol. The van der Waals surface area contributed by atoms with Crippen molar-refractivity contribution in [1.29, 1.82) is 0 Å². The molecule has 0 N–H and O–H groups in total. The van der Waals surface area contributed by atoms with E-state index in [0.717, 1.165) is 25.9 Å². The fourth-order valence-corrected chi connectivity index (χ4v) is 0.762. The molecule has 64 valence electrons. The summed E-state index contributed by atoms with van der Waals surface area (Å²) in [4.78, 5) is 0. The SMILES string of the molecule is CCCC#CCCCCOC. The minimum atomic E-state index is 0.870. The number of methoxy groups -OCH3 is 1. The Morgan fingerprint density at radius 1 is 1.09 bits per heavy atom. The maximum Gasteiger partial charge on any atom is 0.0462 e. The number of unbranched alkanes of at least 4 members (excludes halogenated alkanes) is 3. The summed E-state index contributed by atoms with van der Waals surface area (Å²) >= 11 is 0. The largest absolute Gasteiger partial charge is 0.385 e. The zero-order valence-electron chi connectivity index (χ0n) is 7.65. The van der Waals surface area contributed by atoms with Gasteiger partial charge in [0, 0.05) is 26.6 Å². The van der Waals surface area contributed by atoms with Gasteiger partial charge in [-0.05, 0) is 19.3 Å². The first-order valence-corrected chi connectivity index (χ1v) is 4.36. The average Bonchev–Trinajstić information content (AvgIpc) is 2.03. The molecule has 0 amide bonds. The van der Waals surface area contributed by atoms with Gasteiger partial charge < -0.3 is 4.74 Å². The van der Waals surface area contributed by atoms with Gasteiger partial charge >= 0.3 is 0 Å². The fraction of sp³-hybridized carbons (Fsp3) is 0.800. The van der Waals surface area contributed by atoms with Gasteiger partial charge in [-0.25, -0.2) is 0 Å². The third-order valence-electron chi connectivity index (χ3n) is 1.40. The standard InChI is InChI=1S/C10H18O/c1-3-4-5-6-7-8-9-10-11-2/h3-4,7-10H2,1-2H3. The Kier molecular flexibility index (Phi) is 9.10. The van der Waals surface area contributed by atoms with E-state index in [2.05, 4.69) is 18.8 Å². The maximum absolute atomic E-state index is 4.92. The van der Waals surface area contributed by atoms with Crippen molar-refractivity contribution in [2.75, 3.05) is 13.7 Å². The lowest BCUT2D eigenvalue weighted by atomic mass is 10.2. The van der Waals surface area contributed by atoms with Gasteiger partial charge in [0.25, 0.3) is 0 Å². The Morgan fingerprint density at radius 3 is 2.45 bits per heavy atom. The Bertz CT molecular complexity index is 119. The van der Waals surface area contributed by atoms with Crippen LogP contribution in [0.2, 0.25) is 0 Å². The van der Waals surface area contributed by atoms with E-state index >= 15 is 0 Å². The molecular formula is C10H18O. The number of hydrogen-bond donors (Lipinski definition) is 0. The van der Waals surface area contributed by atoms with Crippen LogP contribution in [0.3, 0.4) is 0 Å². The highest BCUT2D eigenvalue weighted by Crippen LogP contribution is 1.93. The van der Waals surface area contributed by atoms with E-state index in [1.807, 2.05) is 0 Å². The van der Waals surface area contributed by atoms with Crippen LogP contribution >= 0.6 is 0 Å². The highest BCUT2D eigenvalue weighted by molar-refractivity contribution is 4.98. The summed E-state index contributed by atoms with van der Waals surface area (Å²) in [5.41, 5.74) is 0. The fourth-order valence-electron chi connectivity index (χ4n) is 0.762. The van der Waals surface area contributed by atoms with Gasteiger partial charge in [-0.1, -0.05) is 6.92 Å². The molecule has 1 heteroatoms. The first kappa shape index (κ1) is 10.5. The molecule has 0 aromatic carbocycles. The first-order valence-electron chi connectivity index (χ1n) is 4.36. The summed E-state index contributed by atoms with van der Waals surface area (Å²) in [5, 5.41) is 0. The second kappa shape index (κ2) is 9.52. The van der Waals surface area contributed by atoms with Crippen molar-refractivity contribution in [3.05, 3.63) is 0 Å².